The number of carbonyl (C=O) groups excluding carboxylic acids is 1. The summed E-state index contributed by atoms with van der Waals surface area (Å²) < 4.78 is 0. The standard InChI is InChI=1S/C24H26N4OS/c29-23(26-20-10-6-8-17-7-2-3-9-19(17)20)21-16-30-24(27-21)18-11-12-25-22(15-18)28-13-4-1-5-14-28/h2-3,7,9,11-12,15-16,20H,1,4-6,8,10,13-14H2,(H,26,29). The van der Waals surface area contributed by atoms with Crippen LogP contribution >= 0.6 is 11.3 Å². The van der Waals surface area contributed by atoms with Gasteiger partial charge in [0.25, 0.3) is 5.91 Å². The summed E-state index contributed by atoms with van der Waals surface area (Å²) in [6, 6.07) is 12.6. The second-order valence-electron chi connectivity index (χ2n) is 8.11. The lowest BCUT2D eigenvalue weighted by Gasteiger charge is -2.27. The number of anilines is 1. The number of nitrogens with one attached hydrogen (secondary N) is 1. The molecule has 5 nitrogen and oxygen atoms in total. The van der Waals surface area contributed by atoms with Gasteiger partial charge in [-0.2, -0.15) is 0 Å². The predicted molar refractivity (Wildman–Crippen MR) is 121 cm³/mol. The molecule has 1 fully saturated rings. The average molecular weight is 419 g/mol. The topological polar surface area (TPSA) is 58.1 Å². The van der Waals surface area contributed by atoms with E-state index in [2.05, 4.69) is 44.5 Å². The zero-order valence-corrected chi connectivity index (χ0v) is 17.8. The van der Waals surface area contributed by atoms with E-state index in [0.717, 1.165) is 48.7 Å². The predicted octanol–water partition coefficient (Wildman–Crippen LogP) is 5.00. The van der Waals surface area contributed by atoms with Crippen molar-refractivity contribution in [3.8, 4) is 10.6 Å². The van der Waals surface area contributed by atoms with Crippen LogP contribution in [0, 0.1) is 0 Å². The van der Waals surface area contributed by atoms with Crippen LogP contribution in [-0.4, -0.2) is 29.0 Å². The third-order valence-electron chi connectivity index (χ3n) is 6.08. The Morgan fingerprint density at radius 3 is 2.87 bits per heavy atom. The maximum Gasteiger partial charge on any atom is 0.271 e. The first kappa shape index (κ1) is 19.2. The molecule has 0 saturated carbocycles. The van der Waals surface area contributed by atoms with Crippen LogP contribution in [-0.2, 0) is 6.42 Å². The number of rotatable bonds is 4. The van der Waals surface area contributed by atoms with Crippen molar-refractivity contribution in [2.75, 3.05) is 18.0 Å². The van der Waals surface area contributed by atoms with Crippen molar-refractivity contribution in [2.24, 2.45) is 0 Å². The maximum atomic E-state index is 12.9. The lowest BCUT2D eigenvalue weighted by Crippen LogP contribution is -2.31. The summed E-state index contributed by atoms with van der Waals surface area (Å²) in [5, 5.41) is 5.93. The minimum atomic E-state index is -0.0930. The minimum absolute atomic E-state index is 0.0687. The molecule has 1 aliphatic carbocycles. The molecule has 1 saturated heterocycles. The van der Waals surface area contributed by atoms with Crippen LogP contribution in [0.1, 0.15) is 59.8 Å². The summed E-state index contributed by atoms with van der Waals surface area (Å²) in [6.45, 7) is 2.12. The number of pyridine rings is 1. The summed E-state index contributed by atoms with van der Waals surface area (Å²) in [5.74, 6) is 0.914. The highest BCUT2D eigenvalue weighted by atomic mass is 32.1. The largest absolute Gasteiger partial charge is 0.357 e. The summed E-state index contributed by atoms with van der Waals surface area (Å²) in [4.78, 5) is 24.4. The van der Waals surface area contributed by atoms with Crippen LogP contribution < -0.4 is 10.2 Å². The highest BCUT2D eigenvalue weighted by Crippen LogP contribution is 2.31. The number of thiazole rings is 1. The van der Waals surface area contributed by atoms with E-state index in [1.54, 1.807) is 0 Å². The number of amides is 1. The Morgan fingerprint density at radius 1 is 1.10 bits per heavy atom. The van der Waals surface area contributed by atoms with Gasteiger partial charge in [-0.05, 0) is 61.8 Å². The highest BCUT2D eigenvalue weighted by Gasteiger charge is 2.23. The minimum Gasteiger partial charge on any atom is -0.357 e. The number of hydrogen-bond donors (Lipinski definition) is 1. The third-order valence-corrected chi connectivity index (χ3v) is 6.98. The maximum absolute atomic E-state index is 12.9. The van der Waals surface area contributed by atoms with Crippen molar-refractivity contribution in [1.29, 1.82) is 0 Å². The molecule has 1 N–H and O–H groups in total. The van der Waals surface area contributed by atoms with Crippen LogP contribution in [0.3, 0.4) is 0 Å². The fourth-order valence-corrected chi connectivity index (χ4v) is 5.29. The Hall–Kier alpha value is -2.73. The van der Waals surface area contributed by atoms with Gasteiger partial charge in [0, 0.05) is 30.2 Å². The normalized spacial score (nSPS) is 18.7. The molecular weight excluding hydrogens is 392 g/mol. The SMILES string of the molecule is O=C(NC1CCCc2ccccc21)c1csc(-c2ccnc(N3CCCCC3)c2)n1. The second kappa shape index (κ2) is 8.56. The number of benzene rings is 1. The second-order valence-corrected chi connectivity index (χ2v) is 8.96. The van der Waals surface area contributed by atoms with E-state index in [9.17, 15) is 4.79 Å². The van der Waals surface area contributed by atoms with Crippen LogP contribution in [0.4, 0.5) is 5.82 Å². The first-order valence-corrected chi connectivity index (χ1v) is 11.7. The summed E-state index contributed by atoms with van der Waals surface area (Å²) in [7, 11) is 0. The Labute approximate surface area is 181 Å². The number of hydrogen-bond acceptors (Lipinski definition) is 5. The van der Waals surface area contributed by atoms with E-state index >= 15 is 0 Å². The van der Waals surface area contributed by atoms with Crippen molar-refractivity contribution < 1.29 is 4.79 Å². The molecule has 1 atom stereocenters. The van der Waals surface area contributed by atoms with Gasteiger partial charge < -0.3 is 10.2 Å². The summed E-state index contributed by atoms with van der Waals surface area (Å²) in [6.07, 6.45) is 8.75. The number of aryl methyl sites for hydroxylation is 1. The van der Waals surface area contributed by atoms with Crippen LogP contribution in [0.2, 0.25) is 0 Å². The van der Waals surface area contributed by atoms with Crippen molar-refractivity contribution in [3.63, 3.8) is 0 Å². The van der Waals surface area contributed by atoms with Gasteiger partial charge in [-0.15, -0.1) is 11.3 Å². The first-order chi connectivity index (χ1) is 14.8. The van der Waals surface area contributed by atoms with E-state index in [4.69, 9.17) is 0 Å². The highest BCUT2D eigenvalue weighted by molar-refractivity contribution is 7.13. The molecule has 6 heteroatoms. The van der Waals surface area contributed by atoms with Crippen LogP contribution in [0.5, 0.6) is 0 Å². The molecule has 2 aliphatic rings. The van der Waals surface area contributed by atoms with E-state index in [1.165, 1.54) is 41.7 Å². The van der Waals surface area contributed by atoms with Gasteiger partial charge in [0.05, 0.1) is 6.04 Å². The molecule has 1 aromatic carbocycles. The Kier molecular flexibility index (Phi) is 5.49. The molecule has 0 bridgehead atoms. The van der Waals surface area contributed by atoms with Gasteiger partial charge in [0.1, 0.15) is 16.5 Å². The van der Waals surface area contributed by atoms with E-state index < -0.39 is 0 Å². The molecule has 154 valence electrons. The van der Waals surface area contributed by atoms with Crippen LogP contribution in [0.15, 0.2) is 48.0 Å². The van der Waals surface area contributed by atoms with Gasteiger partial charge in [-0.25, -0.2) is 9.97 Å². The summed E-state index contributed by atoms with van der Waals surface area (Å²) >= 11 is 1.52. The lowest BCUT2D eigenvalue weighted by atomic mass is 9.88. The molecule has 1 amide bonds. The number of carbonyl (C=O) groups is 1. The molecule has 1 aliphatic heterocycles. The number of fused-ring (bicyclic) bond motifs is 1. The van der Waals surface area contributed by atoms with Crippen molar-refractivity contribution in [2.45, 2.75) is 44.6 Å². The van der Waals surface area contributed by atoms with Gasteiger partial charge >= 0.3 is 0 Å². The number of aromatic nitrogens is 2. The van der Waals surface area contributed by atoms with Gasteiger partial charge in [-0.3, -0.25) is 4.79 Å². The molecular formula is C24H26N4OS. The average Bonchev–Trinajstić information content (AvgIpc) is 3.31. The fraction of sp³-hybridized carbons (Fsp3) is 0.375. The molecule has 1 unspecified atom stereocenters. The molecule has 0 radical (unpaired) electrons. The van der Waals surface area contributed by atoms with Gasteiger partial charge in [-0.1, -0.05) is 24.3 Å². The Balaban J connectivity index is 1.32. The first-order valence-electron chi connectivity index (χ1n) is 10.8. The third kappa shape index (κ3) is 3.97. The zero-order chi connectivity index (χ0) is 20.3. The van der Waals surface area contributed by atoms with Crippen molar-refractivity contribution >= 4 is 23.1 Å². The molecule has 5 rings (SSSR count). The Morgan fingerprint density at radius 2 is 1.97 bits per heavy atom. The van der Waals surface area contributed by atoms with Gasteiger partial charge in [0.2, 0.25) is 0 Å². The molecule has 0 spiro atoms. The lowest BCUT2D eigenvalue weighted by molar-refractivity contribution is 0.0928. The molecule has 30 heavy (non-hydrogen) atoms. The number of piperidine rings is 1. The summed E-state index contributed by atoms with van der Waals surface area (Å²) in [5.41, 5.74) is 4.11. The van der Waals surface area contributed by atoms with Crippen molar-refractivity contribution in [1.82, 2.24) is 15.3 Å². The Bertz CT molecular complexity index is 1040. The quantitative estimate of drug-likeness (QED) is 0.648. The van der Waals surface area contributed by atoms with E-state index in [0.29, 0.717) is 5.69 Å². The smallest absolute Gasteiger partial charge is 0.271 e. The van der Waals surface area contributed by atoms with E-state index in [-0.39, 0.29) is 11.9 Å². The molecule has 2 aromatic heterocycles. The zero-order valence-electron chi connectivity index (χ0n) is 17.0. The monoisotopic (exact) mass is 418 g/mol. The van der Waals surface area contributed by atoms with Gasteiger partial charge in [0.15, 0.2) is 0 Å². The molecule has 3 heterocycles. The van der Waals surface area contributed by atoms with Crippen molar-refractivity contribution in [3.05, 3.63) is 64.8 Å². The number of nitrogens with zero attached hydrogens (tertiary/aromatic N) is 3. The van der Waals surface area contributed by atoms with Crippen LogP contribution in [0.25, 0.3) is 10.6 Å². The molecule has 3 aromatic rings. The fourth-order valence-electron chi connectivity index (χ4n) is 4.49. The van der Waals surface area contributed by atoms with E-state index in [1.807, 2.05) is 23.7 Å².